The number of amidine groups is 1. The van der Waals surface area contributed by atoms with E-state index in [-0.39, 0.29) is 0 Å². The third kappa shape index (κ3) is 3.42. The zero-order valence-corrected chi connectivity index (χ0v) is 12.0. The molecule has 0 aromatic heterocycles. The second-order valence-electron chi connectivity index (χ2n) is 4.84. The fraction of sp³-hybridized carbons (Fsp3) is 0.500. The van der Waals surface area contributed by atoms with Crippen molar-refractivity contribution in [3.05, 3.63) is 24.3 Å². The molecule has 18 heavy (non-hydrogen) atoms. The van der Waals surface area contributed by atoms with Crippen LogP contribution in [0.5, 0.6) is 5.75 Å². The van der Waals surface area contributed by atoms with E-state index < -0.39 is 0 Å². The molecule has 1 unspecified atom stereocenters. The maximum atomic E-state index is 5.32. The number of thioether (sulfide) groups is 1. The van der Waals surface area contributed by atoms with Crippen LogP contribution in [-0.2, 0) is 0 Å². The first-order valence-corrected chi connectivity index (χ1v) is 7.18. The van der Waals surface area contributed by atoms with E-state index in [2.05, 4.69) is 24.2 Å². The molecule has 1 N–H and O–H groups in total. The van der Waals surface area contributed by atoms with Crippen molar-refractivity contribution in [1.82, 2.24) is 0 Å². The van der Waals surface area contributed by atoms with Crippen LogP contribution in [0.25, 0.3) is 0 Å². The van der Waals surface area contributed by atoms with Gasteiger partial charge in [0.05, 0.1) is 19.3 Å². The molecule has 1 atom stereocenters. The van der Waals surface area contributed by atoms with E-state index in [4.69, 9.17) is 4.74 Å². The summed E-state index contributed by atoms with van der Waals surface area (Å²) >= 11 is 1.84. The largest absolute Gasteiger partial charge is 0.495 e. The first kappa shape index (κ1) is 13.3. The summed E-state index contributed by atoms with van der Waals surface area (Å²) in [7, 11) is 1.69. The predicted octanol–water partition coefficient (Wildman–Crippen LogP) is 3.62. The number of para-hydroxylation sites is 2. The quantitative estimate of drug-likeness (QED) is 0.901. The number of aliphatic imine (C=N–C) groups is 1. The van der Waals surface area contributed by atoms with E-state index in [9.17, 15) is 0 Å². The highest BCUT2D eigenvalue weighted by molar-refractivity contribution is 8.15. The van der Waals surface area contributed by atoms with Crippen LogP contribution in [0.4, 0.5) is 5.69 Å². The molecule has 1 aliphatic rings. The number of nitrogens with one attached hydrogen (secondary N) is 1. The zero-order valence-electron chi connectivity index (χ0n) is 11.1. The van der Waals surface area contributed by atoms with Gasteiger partial charge in [-0.25, -0.2) is 0 Å². The van der Waals surface area contributed by atoms with Gasteiger partial charge < -0.3 is 10.1 Å². The molecule has 0 amide bonds. The van der Waals surface area contributed by atoms with Crippen LogP contribution in [0.15, 0.2) is 29.3 Å². The third-order valence-corrected chi connectivity index (χ3v) is 3.93. The summed E-state index contributed by atoms with van der Waals surface area (Å²) in [6.45, 7) is 5.43. The van der Waals surface area contributed by atoms with Crippen molar-refractivity contribution in [1.29, 1.82) is 0 Å². The number of rotatable bonds is 4. The average molecular weight is 264 g/mol. The van der Waals surface area contributed by atoms with Crippen molar-refractivity contribution in [2.24, 2.45) is 10.9 Å². The van der Waals surface area contributed by atoms with Gasteiger partial charge >= 0.3 is 0 Å². The molecule has 0 fully saturated rings. The molecule has 0 saturated carbocycles. The summed E-state index contributed by atoms with van der Waals surface area (Å²) in [5.74, 6) is 1.58. The minimum atomic E-state index is 0.613. The van der Waals surface area contributed by atoms with Crippen molar-refractivity contribution in [2.45, 2.75) is 25.5 Å². The van der Waals surface area contributed by atoms with Gasteiger partial charge in [-0.1, -0.05) is 37.7 Å². The van der Waals surface area contributed by atoms with Gasteiger partial charge in [0.2, 0.25) is 0 Å². The number of hydrogen-bond acceptors (Lipinski definition) is 4. The smallest absolute Gasteiger partial charge is 0.161 e. The Bertz CT molecular complexity index is 432. The van der Waals surface area contributed by atoms with Gasteiger partial charge in [0.1, 0.15) is 5.75 Å². The highest BCUT2D eigenvalue weighted by atomic mass is 32.2. The maximum Gasteiger partial charge on any atom is 0.161 e. The summed E-state index contributed by atoms with van der Waals surface area (Å²) in [5, 5.41) is 4.97. The summed E-state index contributed by atoms with van der Waals surface area (Å²) in [6.07, 6.45) is 1.21. The average Bonchev–Trinajstić information content (AvgIpc) is 2.76. The first-order chi connectivity index (χ1) is 8.69. The Labute approximate surface area is 113 Å². The van der Waals surface area contributed by atoms with Crippen LogP contribution in [0.1, 0.15) is 20.3 Å². The second kappa shape index (κ2) is 6.14. The standard InChI is InChI=1S/C14H20N2OS/c1-10(2)8-11-9-15-14(18-11)16-12-6-4-5-7-13(12)17-3/h4-7,10-11H,8-9H2,1-3H3,(H,15,16). The van der Waals surface area contributed by atoms with Gasteiger partial charge in [0.15, 0.2) is 5.17 Å². The van der Waals surface area contributed by atoms with Crippen LogP contribution in [0, 0.1) is 5.92 Å². The minimum Gasteiger partial charge on any atom is -0.495 e. The summed E-state index contributed by atoms with van der Waals surface area (Å²) in [5.41, 5.74) is 0.983. The van der Waals surface area contributed by atoms with Crippen molar-refractivity contribution in [3.63, 3.8) is 0 Å². The normalized spacial score (nSPS) is 18.9. The lowest BCUT2D eigenvalue weighted by molar-refractivity contribution is 0.417. The summed E-state index contributed by atoms with van der Waals surface area (Å²) in [4.78, 5) is 4.55. The van der Waals surface area contributed by atoms with Crippen LogP contribution < -0.4 is 10.1 Å². The first-order valence-electron chi connectivity index (χ1n) is 6.30. The lowest BCUT2D eigenvalue weighted by Gasteiger charge is -2.12. The molecule has 3 nitrogen and oxygen atoms in total. The molecule has 98 valence electrons. The molecule has 4 heteroatoms. The Morgan fingerprint density at radius 3 is 2.94 bits per heavy atom. The van der Waals surface area contributed by atoms with Gasteiger partial charge in [-0.3, -0.25) is 4.99 Å². The van der Waals surface area contributed by atoms with E-state index in [0.29, 0.717) is 5.25 Å². The van der Waals surface area contributed by atoms with E-state index in [0.717, 1.165) is 29.1 Å². The van der Waals surface area contributed by atoms with Crippen molar-refractivity contribution in [2.75, 3.05) is 19.0 Å². The molecule has 1 aliphatic heterocycles. The predicted molar refractivity (Wildman–Crippen MR) is 79.8 cm³/mol. The van der Waals surface area contributed by atoms with Crippen molar-refractivity contribution >= 4 is 22.6 Å². The fourth-order valence-corrected chi connectivity index (χ4v) is 3.26. The Kier molecular flexibility index (Phi) is 4.53. The van der Waals surface area contributed by atoms with E-state index >= 15 is 0 Å². The monoisotopic (exact) mass is 264 g/mol. The van der Waals surface area contributed by atoms with Gasteiger partial charge in [-0.2, -0.15) is 0 Å². The number of anilines is 1. The zero-order chi connectivity index (χ0) is 13.0. The Morgan fingerprint density at radius 2 is 2.22 bits per heavy atom. The van der Waals surface area contributed by atoms with E-state index in [1.807, 2.05) is 36.0 Å². The van der Waals surface area contributed by atoms with Gasteiger partial charge in [-0.15, -0.1) is 0 Å². The Hall–Kier alpha value is -1.16. The minimum absolute atomic E-state index is 0.613. The van der Waals surface area contributed by atoms with Crippen LogP contribution in [0.3, 0.4) is 0 Å². The number of ether oxygens (including phenoxy) is 1. The maximum absolute atomic E-state index is 5.32. The SMILES string of the molecule is COc1ccccc1NC1=NCC(CC(C)C)S1. The van der Waals surface area contributed by atoms with Crippen molar-refractivity contribution < 1.29 is 4.74 Å². The highest BCUT2D eigenvalue weighted by Gasteiger charge is 2.21. The molecular weight excluding hydrogens is 244 g/mol. The van der Waals surface area contributed by atoms with Gasteiger partial charge in [0, 0.05) is 5.25 Å². The van der Waals surface area contributed by atoms with Crippen LogP contribution in [-0.4, -0.2) is 24.1 Å². The number of benzene rings is 1. The summed E-state index contributed by atoms with van der Waals surface area (Å²) < 4.78 is 5.32. The molecule has 1 heterocycles. The molecule has 0 saturated heterocycles. The molecule has 0 radical (unpaired) electrons. The Morgan fingerprint density at radius 1 is 1.44 bits per heavy atom. The van der Waals surface area contributed by atoms with Crippen LogP contribution in [0.2, 0.25) is 0 Å². The van der Waals surface area contributed by atoms with E-state index in [1.165, 1.54) is 6.42 Å². The number of methoxy groups -OCH3 is 1. The molecule has 2 rings (SSSR count). The van der Waals surface area contributed by atoms with E-state index in [1.54, 1.807) is 7.11 Å². The summed E-state index contributed by atoms with van der Waals surface area (Å²) in [6, 6.07) is 7.93. The molecule has 1 aromatic carbocycles. The van der Waals surface area contributed by atoms with Gasteiger partial charge in [0.25, 0.3) is 0 Å². The highest BCUT2D eigenvalue weighted by Crippen LogP contribution is 2.30. The molecule has 1 aromatic rings. The lowest BCUT2D eigenvalue weighted by Crippen LogP contribution is -2.10. The third-order valence-electron chi connectivity index (χ3n) is 2.80. The Balaban J connectivity index is 1.95. The second-order valence-corrected chi connectivity index (χ2v) is 6.13. The fourth-order valence-electron chi connectivity index (χ4n) is 2.00. The number of nitrogens with zero attached hydrogens (tertiary/aromatic N) is 1. The lowest BCUT2D eigenvalue weighted by atomic mass is 10.1. The van der Waals surface area contributed by atoms with Crippen molar-refractivity contribution in [3.8, 4) is 5.75 Å². The molecule has 0 bridgehead atoms. The number of hydrogen-bond donors (Lipinski definition) is 1. The molecule has 0 aliphatic carbocycles. The van der Waals surface area contributed by atoms with Gasteiger partial charge in [-0.05, 0) is 24.5 Å². The molecular formula is C14H20N2OS. The van der Waals surface area contributed by atoms with Crippen LogP contribution >= 0.6 is 11.8 Å². The topological polar surface area (TPSA) is 33.6 Å². The molecule has 0 spiro atoms.